The first-order chi connectivity index (χ1) is 5.81. The van der Waals surface area contributed by atoms with Crippen molar-refractivity contribution in [3.63, 3.8) is 0 Å². The zero-order valence-electron chi connectivity index (χ0n) is 6.66. The number of nitrogens with one attached hydrogen (secondary N) is 1. The van der Waals surface area contributed by atoms with Crippen LogP contribution in [-0.2, 0) is 0 Å². The highest BCUT2D eigenvalue weighted by molar-refractivity contribution is 5.83. The van der Waals surface area contributed by atoms with Gasteiger partial charge in [-0.15, -0.1) is 0 Å². The number of H-pyrrole nitrogens is 1. The van der Waals surface area contributed by atoms with Crippen LogP contribution in [0, 0.1) is 0 Å². The molecule has 0 aliphatic carbocycles. The molecule has 0 fully saturated rings. The summed E-state index contributed by atoms with van der Waals surface area (Å²) in [6, 6.07) is 5.64. The third-order valence-corrected chi connectivity index (χ3v) is 1.71. The summed E-state index contributed by atoms with van der Waals surface area (Å²) in [5.41, 5.74) is 7.16. The highest BCUT2D eigenvalue weighted by atomic mass is 16.5. The van der Waals surface area contributed by atoms with E-state index in [1.807, 2.05) is 18.2 Å². The normalized spacial score (nSPS) is 10.4. The Bertz CT molecular complexity index is 408. The number of aromatic nitrogens is 2. The second kappa shape index (κ2) is 2.41. The van der Waals surface area contributed by atoms with Crippen molar-refractivity contribution < 1.29 is 4.74 Å². The maximum Gasteiger partial charge on any atom is 0.198 e. The van der Waals surface area contributed by atoms with Gasteiger partial charge in [-0.2, -0.15) is 0 Å². The molecule has 0 atom stereocenters. The van der Waals surface area contributed by atoms with Gasteiger partial charge in [0.25, 0.3) is 0 Å². The summed E-state index contributed by atoms with van der Waals surface area (Å²) in [6.07, 6.45) is 0. The Morgan fingerprint density at radius 2 is 2.33 bits per heavy atom. The number of nitrogens with two attached hydrogens (primary N) is 1. The quantitative estimate of drug-likeness (QED) is 0.662. The standard InChI is InChI=1S/C8H9N3O/c1-12-6-4-2-3-5-7(6)11-8(9)10-5/h2-4H,1H3,(H3,9,10,11). The van der Waals surface area contributed by atoms with E-state index in [4.69, 9.17) is 10.5 Å². The van der Waals surface area contributed by atoms with E-state index in [1.54, 1.807) is 7.11 Å². The SMILES string of the molecule is COc1cccc2[nH]c(N)nc12. The fraction of sp³-hybridized carbons (Fsp3) is 0.125. The predicted molar refractivity (Wildman–Crippen MR) is 47.1 cm³/mol. The van der Waals surface area contributed by atoms with E-state index in [-0.39, 0.29) is 0 Å². The number of aromatic amines is 1. The molecule has 4 nitrogen and oxygen atoms in total. The maximum atomic E-state index is 5.49. The molecule has 3 N–H and O–H groups in total. The van der Waals surface area contributed by atoms with E-state index in [2.05, 4.69) is 9.97 Å². The molecule has 0 radical (unpaired) electrons. The van der Waals surface area contributed by atoms with Crippen LogP contribution in [0.1, 0.15) is 0 Å². The first-order valence-electron chi connectivity index (χ1n) is 3.59. The largest absolute Gasteiger partial charge is 0.494 e. The molecule has 2 rings (SSSR count). The van der Waals surface area contributed by atoms with E-state index >= 15 is 0 Å². The van der Waals surface area contributed by atoms with Crippen molar-refractivity contribution in [1.29, 1.82) is 0 Å². The minimum Gasteiger partial charge on any atom is -0.494 e. The van der Waals surface area contributed by atoms with Gasteiger partial charge in [0.05, 0.1) is 12.6 Å². The lowest BCUT2D eigenvalue weighted by Crippen LogP contribution is -1.85. The van der Waals surface area contributed by atoms with Crippen molar-refractivity contribution in [2.24, 2.45) is 0 Å². The maximum absolute atomic E-state index is 5.49. The second-order valence-corrected chi connectivity index (χ2v) is 2.48. The van der Waals surface area contributed by atoms with Gasteiger partial charge in [0, 0.05) is 0 Å². The summed E-state index contributed by atoms with van der Waals surface area (Å²) in [7, 11) is 1.61. The summed E-state index contributed by atoms with van der Waals surface area (Å²) in [4.78, 5) is 7.00. The Morgan fingerprint density at radius 1 is 1.50 bits per heavy atom. The Kier molecular flexibility index (Phi) is 1.40. The molecule has 1 aromatic carbocycles. The number of benzene rings is 1. The van der Waals surface area contributed by atoms with Gasteiger partial charge < -0.3 is 15.5 Å². The van der Waals surface area contributed by atoms with Crippen LogP contribution in [0.25, 0.3) is 11.0 Å². The molecule has 0 amide bonds. The molecule has 0 saturated carbocycles. The molecule has 0 unspecified atom stereocenters. The van der Waals surface area contributed by atoms with Gasteiger partial charge in [-0.25, -0.2) is 4.98 Å². The summed E-state index contributed by atoms with van der Waals surface area (Å²) in [5, 5.41) is 0. The van der Waals surface area contributed by atoms with Crippen LogP contribution in [0.5, 0.6) is 5.75 Å². The number of hydrogen-bond donors (Lipinski definition) is 2. The Hall–Kier alpha value is -1.71. The van der Waals surface area contributed by atoms with Gasteiger partial charge in [0.15, 0.2) is 5.95 Å². The first kappa shape index (κ1) is 6.97. The predicted octanol–water partition coefficient (Wildman–Crippen LogP) is 1.15. The second-order valence-electron chi connectivity index (χ2n) is 2.48. The number of imidazole rings is 1. The van der Waals surface area contributed by atoms with Crippen molar-refractivity contribution >= 4 is 17.0 Å². The molecule has 0 spiro atoms. The topological polar surface area (TPSA) is 63.9 Å². The van der Waals surface area contributed by atoms with Crippen LogP contribution in [0.4, 0.5) is 5.95 Å². The zero-order valence-corrected chi connectivity index (χ0v) is 6.66. The van der Waals surface area contributed by atoms with Gasteiger partial charge in [-0.3, -0.25) is 0 Å². The van der Waals surface area contributed by atoms with Crippen molar-refractivity contribution in [2.45, 2.75) is 0 Å². The highest BCUT2D eigenvalue weighted by Crippen LogP contribution is 2.23. The molecule has 0 bridgehead atoms. The van der Waals surface area contributed by atoms with Crippen molar-refractivity contribution in [2.75, 3.05) is 12.8 Å². The van der Waals surface area contributed by atoms with E-state index < -0.39 is 0 Å². The Morgan fingerprint density at radius 3 is 3.08 bits per heavy atom. The first-order valence-corrected chi connectivity index (χ1v) is 3.59. The molecule has 62 valence electrons. The van der Waals surface area contributed by atoms with Crippen LogP contribution < -0.4 is 10.5 Å². The summed E-state index contributed by atoms with van der Waals surface area (Å²) >= 11 is 0. The molecule has 0 aliphatic heterocycles. The molecular weight excluding hydrogens is 154 g/mol. The van der Waals surface area contributed by atoms with Gasteiger partial charge in [0.2, 0.25) is 0 Å². The highest BCUT2D eigenvalue weighted by Gasteiger charge is 2.04. The molecule has 0 saturated heterocycles. The van der Waals surface area contributed by atoms with Crippen molar-refractivity contribution in [3.05, 3.63) is 18.2 Å². The van der Waals surface area contributed by atoms with Gasteiger partial charge in [-0.05, 0) is 12.1 Å². The smallest absolute Gasteiger partial charge is 0.198 e. The van der Waals surface area contributed by atoms with Crippen molar-refractivity contribution in [1.82, 2.24) is 9.97 Å². The lowest BCUT2D eigenvalue weighted by atomic mass is 10.3. The average Bonchev–Trinajstić information content (AvgIpc) is 2.44. The lowest BCUT2D eigenvalue weighted by Gasteiger charge is -1.97. The molecule has 1 heterocycles. The van der Waals surface area contributed by atoms with Crippen LogP contribution in [0.2, 0.25) is 0 Å². The fourth-order valence-electron chi connectivity index (χ4n) is 1.19. The summed E-state index contributed by atoms with van der Waals surface area (Å²) in [6.45, 7) is 0. The zero-order chi connectivity index (χ0) is 8.55. The van der Waals surface area contributed by atoms with Gasteiger partial charge >= 0.3 is 0 Å². The number of ether oxygens (including phenoxy) is 1. The number of rotatable bonds is 1. The van der Waals surface area contributed by atoms with E-state index in [0.29, 0.717) is 5.95 Å². The number of nitrogen functional groups attached to an aromatic ring is 1. The van der Waals surface area contributed by atoms with Crippen LogP contribution in [0.3, 0.4) is 0 Å². The number of methoxy groups -OCH3 is 1. The number of para-hydroxylation sites is 1. The molecule has 4 heteroatoms. The van der Waals surface area contributed by atoms with E-state index in [1.165, 1.54) is 0 Å². The minimum atomic E-state index is 0.412. The molecular formula is C8H9N3O. The summed E-state index contributed by atoms with van der Waals surface area (Å²) < 4.78 is 5.10. The Labute approximate surface area is 69.4 Å². The van der Waals surface area contributed by atoms with Crippen LogP contribution >= 0.6 is 0 Å². The fourth-order valence-corrected chi connectivity index (χ4v) is 1.19. The van der Waals surface area contributed by atoms with Crippen molar-refractivity contribution in [3.8, 4) is 5.75 Å². The molecule has 0 aliphatic rings. The van der Waals surface area contributed by atoms with Crippen LogP contribution in [-0.4, -0.2) is 17.1 Å². The monoisotopic (exact) mass is 163 g/mol. The number of hydrogen-bond acceptors (Lipinski definition) is 3. The third-order valence-electron chi connectivity index (χ3n) is 1.71. The third kappa shape index (κ3) is 0.887. The molecule has 12 heavy (non-hydrogen) atoms. The van der Waals surface area contributed by atoms with E-state index in [0.717, 1.165) is 16.8 Å². The molecule has 1 aromatic heterocycles. The Balaban J connectivity index is 2.78. The summed E-state index contributed by atoms with van der Waals surface area (Å²) in [5.74, 6) is 1.15. The number of fused-ring (bicyclic) bond motifs is 1. The lowest BCUT2D eigenvalue weighted by molar-refractivity contribution is 0.419. The van der Waals surface area contributed by atoms with Gasteiger partial charge in [-0.1, -0.05) is 6.07 Å². The van der Waals surface area contributed by atoms with Gasteiger partial charge in [0.1, 0.15) is 11.3 Å². The number of anilines is 1. The van der Waals surface area contributed by atoms with E-state index in [9.17, 15) is 0 Å². The average molecular weight is 163 g/mol. The molecule has 2 aromatic rings. The number of nitrogens with zero attached hydrogens (tertiary/aromatic N) is 1. The van der Waals surface area contributed by atoms with Crippen LogP contribution in [0.15, 0.2) is 18.2 Å². The minimum absolute atomic E-state index is 0.412.